The molecule has 0 aliphatic heterocycles. The summed E-state index contributed by atoms with van der Waals surface area (Å²) in [6, 6.07) is 6.54. The number of aromatic nitrogens is 2. The Balaban J connectivity index is 1.88. The number of rotatable bonds is 6. The highest BCUT2D eigenvalue weighted by Crippen LogP contribution is 2.35. The first-order valence-corrected chi connectivity index (χ1v) is 10.7. The molecule has 7 heteroatoms. The zero-order valence-electron chi connectivity index (χ0n) is 18.3. The molecular weight excluding hydrogens is 382 g/mol. The van der Waals surface area contributed by atoms with E-state index in [1.165, 1.54) is 31.4 Å². The van der Waals surface area contributed by atoms with Crippen molar-refractivity contribution in [1.29, 1.82) is 0 Å². The molecule has 1 aromatic carbocycles. The van der Waals surface area contributed by atoms with Gasteiger partial charge in [-0.2, -0.15) is 5.10 Å². The van der Waals surface area contributed by atoms with Gasteiger partial charge in [-0.1, -0.05) is 31.4 Å². The second-order valence-corrected chi connectivity index (χ2v) is 9.13. The van der Waals surface area contributed by atoms with Crippen molar-refractivity contribution in [2.24, 2.45) is 0 Å². The summed E-state index contributed by atoms with van der Waals surface area (Å²) >= 11 is 0. The number of ether oxygens (including phenoxy) is 1. The van der Waals surface area contributed by atoms with E-state index in [9.17, 15) is 14.9 Å². The molecule has 7 nitrogen and oxygen atoms in total. The van der Waals surface area contributed by atoms with Crippen LogP contribution in [0.15, 0.2) is 24.3 Å². The Morgan fingerprint density at radius 1 is 1.20 bits per heavy atom. The smallest absolute Gasteiger partial charge is 0.310 e. The van der Waals surface area contributed by atoms with Crippen LogP contribution in [0.3, 0.4) is 0 Å². The molecule has 1 heterocycles. The van der Waals surface area contributed by atoms with Gasteiger partial charge in [0, 0.05) is 29.3 Å². The van der Waals surface area contributed by atoms with Crippen molar-refractivity contribution in [2.75, 3.05) is 0 Å². The fourth-order valence-electron chi connectivity index (χ4n) is 4.10. The lowest BCUT2D eigenvalue weighted by molar-refractivity contribution is -0.384. The van der Waals surface area contributed by atoms with E-state index >= 15 is 0 Å². The Kier molecular flexibility index (Phi) is 6.58. The van der Waals surface area contributed by atoms with Crippen LogP contribution in [0.5, 0.6) is 0 Å². The third-order valence-corrected chi connectivity index (χ3v) is 5.57. The van der Waals surface area contributed by atoms with E-state index in [1.807, 2.05) is 32.4 Å². The fraction of sp³-hybridized carbons (Fsp3) is 0.565. The molecule has 0 spiro atoms. The zero-order valence-corrected chi connectivity index (χ0v) is 18.3. The number of benzene rings is 1. The minimum Gasteiger partial charge on any atom is -0.460 e. The van der Waals surface area contributed by atoms with Crippen LogP contribution >= 0.6 is 0 Å². The lowest BCUT2D eigenvalue weighted by Crippen LogP contribution is -2.25. The molecule has 0 saturated heterocycles. The van der Waals surface area contributed by atoms with E-state index in [1.54, 1.807) is 12.1 Å². The van der Waals surface area contributed by atoms with Gasteiger partial charge in [0.25, 0.3) is 5.69 Å². The Hall–Kier alpha value is -2.70. The Morgan fingerprint density at radius 2 is 1.83 bits per heavy atom. The molecule has 0 bridgehead atoms. The van der Waals surface area contributed by atoms with Crippen LogP contribution in [0.1, 0.15) is 81.3 Å². The molecule has 1 aromatic heterocycles. The van der Waals surface area contributed by atoms with E-state index in [0.717, 1.165) is 35.4 Å². The number of hydrogen-bond acceptors (Lipinski definition) is 5. The molecule has 1 fully saturated rings. The van der Waals surface area contributed by atoms with Gasteiger partial charge in [0.2, 0.25) is 0 Å². The summed E-state index contributed by atoms with van der Waals surface area (Å²) < 4.78 is 7.48. The highest BCUT2D eigenvalue weighted by Gasteiger charge is 2.27. The van der Waals surface area contributed by atoms with E-state index in [-0.39, 0.29) is 18.1 Å². The number of nitro benzene ring substituents is 1. The molecule has 1 aliphatic carbocycles. The van der Waals surface area contributed by atoms with E-state index in [2.05, 4.69) is 0 Å². The quantitative estimate of drug-likeness (QED) is 0.374. The van der Waals surface area contributed by atoms with Gasteiger partial charge >= 0.3 is 5.97 Å². The lowest BCUT2D eigenvalue weighted by Gasteiger charge is -2.22. The number of carbonyl (C=O) groups excluding carboxylic acids is 1. The maximum Gasteiger partial charge on any atom is 0.310 e. The van der Waals surface area contributed by atoms with E-state index < -0.39 is 10.5 Å². The highest BCUT2D eigenvalue weighted by molar-refractivity contribution is 5.73. The van der Waals surface area contributed by atoms with Crippen molar-refractivity contribution < 1.29 is 14.5 Å². The largest absolute Gasteiger partial charge is 0.460 e. The number of non-ortho nitro benzene ring substituents is 1. The average molecular weight is 414 g/mol. The van der Waals surface area contributed by atoms with Crippen LogP contribution in [-0.4, -0.2) is 26.3 Å². The second-order valence-electron chi connectivity index (χ2n) is 9.13. The molecule has 0 N–H and O–H groups in total. The molecule has 3 rings (SSSR count). The van der Waals surface area contributed by atoms with Gasteiger partial charge in [-0.3, -0.25) is 19.6 Å². The summed E-state index contributed by atoms with van der Waals surface area (Å²) in [6.07, 6.45) is 6.02. The van der Waals surface area contributed by atoms with Gasteiger partial charge in [-0.05, 0) is 46.1 Å². The van der Waals surface area contributed by atoms with E-state index in [4.69, 9.17) is 9.84 Å². The van der Waals surface area contributed by atoms with Crippen molar-refractivity contribution in [3.63, 3.8) is 0 Å². The first-order chi connectivity index (χ1) is 14.1. The molecule has 1 aliphatic rings. The summed E-state index contributed by atoms with van der Waals surface area (Å²) in [7, 11) is 0. The molecular formula is C23H31N3O4. The third-order valence-electron chi connectivity index (χ3n) is 5.57. The summed E-state index contributed by atoms with van der Waals surface area (Å²) in [6.45, 7) is 8.12. The minimum absolute atomic E-state index is 0.0736. The zero-order chi connectivity index (χ0) is 21.9. The van der Waals surface area contributed by atoms with Gasteiger partial charge in [0.1, 0.15) is 5.60 Å². The predicted molar refractivity (Wildman–Crippen MR) is 115 cm³/mol. The second kappa shape index (κ2) is 8.98. The maximum absolute atomic E-state index is 12.6. The Morgan fingerprint density at radius 3 is 2.40 bits per heavy atom. The summed E-state index contributed by atoms with van der Waals surface area (Å²) in [5, 5.41) is 15.8. The molecule has 162 valence electrons. The average Bonchev–Trinajstić information content (AvgIpc) is 2.97. The number of carbonyl (C=O) groups is 1. The molecule has 0 amide bonds. The number of esters is 1. The fourth-order valence-corrected chi connectivity index (χ4v) is 4.10. The first-order valence-electron chi connectivity index (χ1n) is 10.7. The minimum atomic E-state index is -0.523. The maximum atomic E-state index is 12.6. The Bertz CT molecular complexity index is 904. The van der Waals surface area contributed by atoms with Crippen molar-refractivity contribution in [3.05, 3.63) is 56.9 Å². The molecule has 2 aromatic rings. The van der Waals surface area contributed by atoms with Gasteiger partial charge in [0.05, 0.1) is 23.6 Å². The first kappa shape index (κ1) is 22.0. The molecule has 30 heavy (non-hydrogen) atoms. The highest BCUT2D eigenvalue weighted by atomic mass is 16.6. The normalized spacial score (nSPS) is 15.2. The van der Waals surface area contributed by atoms with Gasteiger partial charge < -0.3 is 4.74 Å². The van der Waals surface area contributed by atoms with Crippen LogP contribution < -0.4 is 0 Å². The van der Waals surface area contributed by atoms with Crippen molar-refractivity contribution in [2.45, 2.75) is 84.3 Å². The van der Waals surface area contributed by atoms with Crippen molar-refractivity contribution in [3.8, 4) is 0 Å². The molecule has 0 radical (unpaired) electrons. The summed E-state index contributed by atoms with van der Waals surface area (Å²) in [4.78, 5) is 23.1. The van der Waals surface area contributed by atoms with Crippen molar-refractivity contribution in [1.82, 2.24) is 9.78 Å². The summed E-state index contributed by atoms with van der Waals surface area (Å²) in [5.41, 5.74) is 3.43. The third kappa shape index (κ3) is 5.46. The van der Waals surface area contributed by atoms with Crippen LogP contribution in [0, 0.1) is 17.0 Å². The van der Waals surface area contributed by atoms with Gasteiger partial charge in [-0.25, -0.2) is 0 Å². The predicted octanol–water partition coefficient (Wildman–Crippen LogP) is 5.08. The van der Waals surface area contributed by atoms with Gasteiger partial charge in [0.15, 0.2) is 0 Å². The lowest BCUT2D eigenvalue weighted by atomic mass is 9.85. The van der Waals surface area contributed by atoms with Crippen LogP contribution in [-0.2, 0) is 22.5 Å². The molecule has 0 unspecified atom stereocenters. The Labute approximate surface area is 177 Å². The summed E-state index contributed by atoms with van der Waals surface area (Å²) in [5.74, 6) is 0.130. The molecule has 1 saturated carbocycles. The topological polar surface area (TPSA) is 87.3 Å². The monoisotopic (exact) mass is 413 g/mol. The van der Waals surface area contributed by atoms with Crippen LogP contribution in [0.2, 0.25) is 0 Å². The van der Waals surface area contributed by atoms with E-state index in [0.29, 0.717) is 12.5 Å². The number of nitro groups is 1. The van der Waals surface area contributed by atoms with Gasteiger partial charge in [-0.15, -0.1) is 0 Å². The standard InChI is InChI=1S/C23H31N3O4/c1-16-20(14-21(27)30-23(2,3)4)22(18-8-6-5-7-9-18)24-25(16)15-17-10-12-19(13-11-17)26(28)29/h10-13,18H,5-9,14-15H2,1-4H3. The SMILES string of the molecule is Cc1c(CC(=O)OC(C)(C)C)c(C2CCCCC2)nn1Cc1ccc([N+](=O)[O-])cc1. The van der Waals surface area contributed by atoms with Crippen molar-refractivity contribution >= 4 is 11.7 Å². The van der Waals surface area contributed by atoms with Crippen LogP contribution in [0.4, 0.5) is 5.69 Å². The number of hydrogen-bond donors (Lipinski definition) is 0. The van der Waals surface area contributed by atoms with Crippen LogP contribution in [0.25, 0.3) is 0 Å². The molecule has 0 atom stereocenters. The number of nitrogens with zero attached hydrogens (tertiary/aromatic N) is 3.